The zero-order valence-electron chi connectivity index (χ0n) is 15.9. The van der Waals surface area contributed by atoms with Crippen molar-refractivity contribution < 1.29 is 5.11 Å². The minimum Gasteiger partial charge on any atom is -0.396 e. The van der Waals surface area contributed by atoms with Gasteiger partial charge in [0.25, 0.3) is 0 Å². The van der Waals surface area contributed by atoms with Gasteiger partial charge in [-0.1, -0.05) is 19.8 Å². The number of hydrogen-bond acceptors (Lipinski definition) is 3. The second-order valence-electron chi connectivity index (χ2n) is 6.69. The minimum absolute atomic E-state index is 0. The molecule has 0 saturated carbocycles. The number of hydrogen-bond donors (Lipinski definition) is 3. The van der Waals surface area contributed by atoms with Crippen LogP contribution in [-0.4, -0.2) is 61.3 Å². The number of piperidine rings is 1. The van der Waals surface area contributed by atoms with Gasteiger partial charge in [0, 0.05) is 38.8 Å². The lowest BCUT2D eigenvalue weighted by Gasteiger charge is -2.33. The Labute approximate surface area is 166 Å². The first kappa shape index (κ1) is 23.9. The van der Waals surface area contributed by atoms with E-state index in [4.69, 9.17) is 10.1 Å². The number of halogens is 1. The summed E-state index contributed by atoms with van der Waals surface area (Å²) < 4.78 is 0. The second kappa shape index (κ2) is 15.2. The molecular weight excluding hydrogens is 415 g/mol. The highest BCUT2D eigenvalue weighted by Crippen LogP contribution is 2.15. The number of likely N-dealkylation sites (tertiary alicyclic amines) is 1. The quantitative estimate of drug-likeness (QED) is 0.270. The second-order valence-corrected chi connectivity index (χ2v) is 6.69. The van der Waals surface area contributed by atoms with Gasteiger partial charge in [-0.25, -0.2) is 0 Å². The van der Waals surface area contributed by atoms with Crippen molar-refractivity contribution in [1.29, 1.82) is 0 Å². The molecule has 3 N–H and O–H groups in total. The summed E-state index contributed by atoms with van der Waals surface area (Å²) in [5.74, 6) is 1.40. The van der Waals surface area contributed by atoms with Crippen molar-refractivity contribution in [2.45, 2.75) is 65.3 Å². The lowest BCUT2D eigenvalue weighted by Crippen LogP contribution is -2.45. The van der Waals surface area contributed by atoms with Crippen molar-refractivity contribution in [3.63, 3.8) is 0 Å². The highest BCUT2D eigenvalue weighted by atomic mass is 127. The molecule has 1 aliphatic heterocycles. The topological polar surface area (TPSA) is 59.9 Å². The Bertz CT molecular complexity index is 322. The third-order valence-electron chi connectivity index (χ3n) is 4.72. The monoisotopic (exact) mass is 454 g/mol. The number of guanidine groups is 1. The summed E-state index contributed by atoms with van der Waals surface area (Å²) in [5.41, 5.74) is 0. The average molecular weight is 454 g/mol. The lowest BCUT2D eigenvalue weighted by atomic mass is 10.0. The van der Waals surface area contributed by atoms with E-state index in [0.717, 1.165) is 51.4 Å². The fourth-order valence-corrected chi connectivity index (χ4v) is 3.29. The van der Waals surface area contributed by atoms with Gasteiger partial charge in [-0.05, 0) is 52.0 Å². The minimum atomic E-state index is 0. The fourth-order valence-electron chi connectivity index (χ4n) is 3.29. The van der Waals surface area contributed by atoms with E-state index in [1.165, 1.54) is 25.8 Å². The number of rotatable bonds is 10. The van der Waals surface area contributed by atoms with Crippen LogP contribution < -0.4 is 10.6 Å². The van der Waals surface area contributed by atoms with E-state index in [-0.39, 0.29) is 30.6 Å². The van der Waals surface area contributed by atoms with Crippen molar-refractivity contribution in [2.24, 2.45) is 10.9 Å². The Morgan fingerprint density at radius 1 is 1.25 bits per heavy atom. The molecule has 6 heteroatoms. The lowest BCUT2D eigenvalue weighted by molar-refractivity contribution is 0.163. The first-order valence-electron chi connectivity index (χ1n) is 9.58. The molecule has 0 radical (unpaired) electrons. The summed E-state index contributed by atoms with van der Waals surface area (Å²) in [4.78, 5) is 7.29. The molecule has 1 aliphatic rings. The first-order chi connectivity index (χ1) is 11.2. The largest absolute Gasteiger partial charge is 0.396 e. The van der Waals surface area contributed by atoms with Gasteiger partial charge in [0.2, 0.25) is 0 Å². The van der Waals surface area contributed by atoms with Gasteiger partial charge >= 0.3 is 0 Å². The van der Waals surface area contributed by atoms with Gasteiger partial charge in [0.1, 0.15) is 0 Å². The molecule has 0 aliphatic carbocycles. The molecule has 2 unspecified atom stereocenters. The maximum Gasteiger partial charge on any atom is 0.191 e. The zero-order valence-corrected chi connectivity index (χ0v) is 18.2. The van der Waals surface area contributed by atoms with Gasteiger partial charge in [0.05, 0.1) is 0 Å². The van der Waals surface area contributed by atoms with Gasteiger partial charge in [-0.3, -0.25) is 9.89 Å². The average Bonchev–Trinajstić information content (AvgIpc) is 2.54. The molecule has 144 valence electrons. The van der Waals surface area contributed by atoms with Crippen LogP contribution in [0, 0.1) is 5.92 Å². The molecule has 0 amide bonds. The van der Waals surface area contributed by atoms with E-state index >= 15 is 0 Å². The van der Waals surface area contributed by atoms with Crippen LogP contribution in [0.3, 0.4) is 0 Å². The Balaban J connectivity index is 0.00000529. The van der Waals surface area contributed by atoms with E-state index in [1.807, 2.05) is 0 Å². The first-order valence-corrected chi connectivity index (χ1v) is 9.58. The van der Waals surface area contributed by atoms with E-state index in [1.54, 1.807) is 0 Å². The number of nitrogens with zero attached hydrogens (tertiary/aromatic N) is 2. The van der Waals surface area contributed by atoms with Crippen molar-refractivity contribution in [1.82, 2.24) is 15.5 Å². The Morgan fingerprint density at radius 2 is 2.04 bits per heavy atom. The zero-order chi connectivity index (χ0) is 16.9. The molecule has 0 aromatic carbocycles. The van der Waals surface area contributed by atoms with Crippen molar-refractivity contribution in [3.8, 4) is 0 Å². The fraction of sp³-hybridized carbons (Fsp3) is 0.944. The summed E-state index contributed by atoms with van der Waals surface area (Å²) in [6, 6.07) is 0.712. The summed E-state index contributed by atoms with van der Waals surface area (Å²) >= 11 is 0. The van der Waals surface area contributed by atoms with Crippen LogP contribution in [0.25, 0.3) is 0 Å². The maximum atomic E-state index is 9.16. The summed E-state index contributed by atoms with van der Waals surface area (Å²) in [5, 5.41) is 15.9. The molecule has 0 bridgehead atoms. The van der Waals surface area contributed by atoms with Crippen LogP contribution in [0.15, 0.2) is 4.99 Å². The Kier molecular flexibility index (Phi) is 15.1. The van der Waals surface area contributed by atoms with Crippen LogP contribution in [0.5, 0.6) is 0 Å². The van der Waals surface area contributed by atoms with E-state index in [2.05, 4.69) is 36.3 Å². The van der Waals surface area contributed by atoms with Crippen LogP contribution in [0.1, 0.15) is 59.3 Å². The van der Waals surface area contributed by atoms with Crippen LogP contribution in [0.4, 0.5) is 0 Å². The molecular formula is C18H39IN4O. The van der Waals surface area contributed by atoms with Gasteiger partial charge in [-0.2, -0.15) is 0 Å². The van der Waals surface area contributed by atoms with Crippen LogP contribution in [0.2, 0.25) is 0 Å². The molecule has 0 aromatic rings. The Morgan fingerprint density at radius 3 is 2.67 bits per heavy atom. The van der Waals surface area contributed by atoms with E-state index < -0.39 is 0 Å². The molecule has 1 fully saturated rings. The van der Waals surface area contributed by atoms with E-state index in [9.17, 15) is 0 Å². The van der Waals surface area contributed by atoms with Gasteiger partial charge in [-0.15, -0.1) is 24.0 Å². The third kappa shape index (κ3) is 10.0. The third-order valence-corrected chi connectivity index (χ3v) is 4.72. The SMILES string of the molecule is CCCC(CCO)CN=C(NCC)NCCN1CCCCC1C.I. The van der Waals surface area contributed by atoms with Crippen molar-refractivity contribution >= 4 is 29.9 Å². The predicted molar refractivity (Wildman–Crippen MR) is 114 cm³/mol. The molecule has 0 aromatic heterocycles. The number of aliphatic imine (C=N–C) groups is 1. The summed E-state index contributed by atoms with van der Waals surface area (Å²) in [6.45, 7) is 11.8. The molecule has 5 nitrogen and oxygen atoms in total. The summed E-state index contributed by atoms with van der Waals surface area (Å²) in [6.07, 6.45) is 7.17. The Hall–Kier alpha value is -0.0800. The molecule has 1 saturated heterocycles. The van der Waals surface area contributed by atoms with Crippen molar-refractivity contribution in [2.75, 3.05) is 39.3 Å². The van der Waals surface area contributed by atoms with Gasteiger partial charge in [0.15, 0.2) is 5.96 Å². The predicted octanol–water partition coefficient (Wildman–Crippen LogP) is 2.83. The van der Waals surface area contributed by atoms with Gasteiger partial charge < -0.3 is 15.7 Å². The summed E-state index contributed by atoms with van der Waals surface area (Å²) in [7, 11) is 0. The molecule has 1 rings (SSSR count). The normalized spacial score (nSPS) is 20.3. The number of nitrogens with one attached hydrogen (secondary N) is 2. The highest BCUT2D eigenvalue weighted by Gasteiger charge is 2.17. The number of aliphatic hydroxyl groups excluding tert-OH is 1. The highest BCUT2D eigenvalue weighted by molar-refractivity contribution is 14.0. The standard InChI is InChI=1S/C18H38N4O.HI/c1-4-8-17(10-14-23)15-21-18(19-5-2)20-11-13-22-12-7-6-9-16(22)3;/h16-17,23H,4-15H2,1-3H3,(H2,19,20,21);1H. The maximum absolute atomic E-state index is 9.16. The molecule has 24 heavy (non-hydrogen) atoms. The molecule has 1 heterocycles. The number of aliphatic hydroxyl groups is 1. The van der Waals surface area contributed by atoms with Crippen LogP contribution >= 0.6 is 24.0 Å². The van der Waals surface area contributed by atoms with E-state index in [0.29, 0.717) is 12.0 Å². The molecule has 0 spiro atoms. The van der Waals surface area contributed by atoms with Crippen molar-refractivity contribution in [3.05, 3.63) is 0 Å². The van der Waals surface area contributed by atoms with Crippen LogP contribution in [-0.2, 0) is 0 Å². The smallest absolute Gasteiger partial charge is 0.191 e. The molecule has 2 atom stereocenters.